The minimum atomic E-state index is 0.908. The summed E-state index contributed by atoms with van der Waals surface area (Å²) < 4.78 is 0. The van der Waals surface area contributed by atoms with Crippen LogP contribution >= 0.6 is 0 Å². The van der Waals surface area contributed by atoms with E-state index in [-0.39, 0.29) is 0 Å². The van der Waals surface area contributed by atoms with Gasteiger partial charge in [0.15, 0.2) is 0 Å². The van der Waals surface area contributed by atoms with Gasteiger partial charge < -0.3 is 0 Å². The number of hydrogen-bond acceptors (Lipinski definition) is 0. The molecule has 0 bridgehead atoms. The van der Waals surface area contributed by atoms with E-state index >= 15 is 0 Å². The average Bonchev–Trinajstić information content (AvgIpc) is 3.07. The van der Waals surface area contributed by atoms with Crippen molar-refractivity contribution in [2.45, 2.75) is 70.6 Å². The molecule has 15 heavy (non-hydrogen) atoms. The Bertz CT molecular complexity index is 268. The van der Waals surface area contributed by atoms with Crippen LogP contribution in [-0.4, -0.2) is 0 Å². The molecule has 0 aliphatic heterocycles. The Morgan fingerprint density at radius 3 is 2.27 bits per heavy atom. The SMILES string of the molecule is C1CC(C2CC23CCCC3)CC2(C1)CC2. The zero-order valence-corrected chi connectivity index (χ0v) is 9.93. The zero-order valence-electron chi connectivity index (χ0n) is 9.93. The summed E-state index contributed by atoms with van der Waals surface area (Å²) in [5, 5.41) is 0. The van der Waals surface area contributed by atoms with Crippen molar-refractivity contribution in [2.75, 3.05) is 0 Å². The van der Waals surface area contributed by atoms with Gasteiger partial charge in [0.1, 0.15) is 0 Å². The molecule has 0 aromatic carbocycles. The van der Waals surface area contributed by atoms with Gasteiger partial charge in [0, 0.05) is 0 Å². The third kappa shape index (κ3) is 1.33. The molecular formula is C15H24. The fourth-order valence-electron chi connectivity index (χ4n) is 5.17. The molecule has 2 unspecified atom stereocenters. The van der Waals surface area contributed by atoms with E-state index in [1.165, 1.54) is 11.8 Å². The molecule has 0 amide bonds. The van der Waals surface area contributed by atoms with Crippen LogP contribution in [0.3, 0.4) is 0 Å². The van der Waals surface area contributed by atoms with Crippen molar-refractivity contribution in [3.8, 4) is 0 Å². The highest BCUT2D eigenvalue weighted by molar-refractivity contribution is 5.10. The summed E-state index contributed by atoms with van der Waals surface area (Å²) in [5.74, 6) is 2.36. The van der Waals surface area contributed by atoms with Crippen LogP contribution in [-0.2, 0) is 0 Å². The molecule has 4 fully saturated rings. The van der Waals surface area contributed by atoms with E-state index in [1.807, 2.05) is 0 Å². The summed E-state index contributed by atoms with van der Waals surface area (Å²) in [7, 11) is 0. The minimum absolute atomic E-state index is 0.908. The molecule has 0 aromatic rings. The maximum absolute atomic E-state index is 1.64. The van der Waals surface area contributed by atoms with E-state index in [2.05, 4.69) is 0 Å². The van der Waals surface area contributed by atoms with Gasteiger partial charge in [-0.2, -0.15) is 0 Å². The third-order valence-electron chi connectivity index (χ3n) is 6.36. The first-order valence-corrected chi connectivity index (χ1v) is 7.32. The van der Waals surface area contributed by atoms with Crippen molar-refractivity contribution < 1.29 is 0 Å². The van der Waals surface area contributed by atoms with Gasteiger partial charge in [-0.1, -0.05) is 25.7 Å². The molecule has 0 heterocycles. The highest BCUT2D eigenvalue weighted by Gasteiger charge is 2.60. The number of rotatable bonds is 1. The van der Waals surface area contributed by atoms with Crippen LogP contribution in [0.2, 0.25) is 0 Å². The molecule has 4 aliphatic carbocycles. The van der Waals surface area contributed by atoms with Crippen LogP contribution in [0.5, 0.6) is 0 Å². The molecular weight excluding hydrogens is 180 g/mol. The van der Waals surface area contributed by atoms with Crippen LogP contribution in [0, 0.1) is 22.7 Å². The fourth-order valence-corrected chi connectivity index (χ4v) is 5.17. The largest absolute Gasteiger partial charge is 0.0527 e. The van der Waals surface area contributed by atoms with E-state index in [0.717, 1.165) is 10.8 Å². The monoisotopic (exact) mass is 204 g/mol. The lowest BCUT2D eigenvalue weighted by atomic mass is 9.75. The molecule has 2 atom stereocenters. The highest BCUT2D eigenvalue weighted by Crippen LogP contribution is 2.70. The first kappa shape index (κ1) is 9.07. The van der Waals surface area contributed by atoms with Gasteiger partial charge in [0.05, 0.1) is 0 Å². The summed E-state index contributed by atoms with van der Waals surface area (Å²) in [5.41, 5.74) is 1.82. The lowest BCUT2D eigenvalue weighted by Gasteiger charge is -2.30. The molecule has 2 spiro atoms. The maximum atomic E-state index is 1.64. The first-order valence-electron chi connectivity index (χ1n) is 7.32. The molecule has 4 aliphatic rings. The van der Waals surface area contributed by atoms with Crippen molar-refractivity contribution in [3.05, 3.63) is 0 Å². The van der Waals surface area contributed by atoms with E-state index < -0.39 is 0 Å². The summed E-state index contributed by atoms with van der Waals surface area (Å²) >= 11 is 0. The molecule has 0 saturated heterocycles. The lowest BCUT2D eigenvalue weighted by molar-refractivity contribution is 0.203. The van der Waals surface area contributed by atoms with Crippen molar-refractivity contribution in [2.24, 2.45) is 22.7 Å². The van der Waals surface area contributed by atoms with Crippen molar-refractivity contribution >= 4 is 0 Å². The average molecular weight is 204 g/mol. The minimum Gasteiger partial charge on any atom is -0.0527 e. The third-order valence-corrected chi connectivity index (χ3v) is 6.36. The van der Waals surface area contributed by atoms with Gasteiger partial charge in [-0.15, -0.1) is 0 Å². The lowest BCUT2D eigenvalue weighted by Crippen LogP contribution is -2.20. The van der Waals surface area contributed by atoms with Gasteiger partial charge in [0.25, 0.3) is 0 Å². The molecule has 84 valence electrons. The van der Waals surface area contributed by atoms with Crippen molar-refractivity contribution in [1.82, 2.24) is 0 Å². The summed E-state index contributed by atoms with van der Waals surface area (Å²) in [6.07, 6.45) is 17.5. The molecule has 0 aromatic heterocycles. The molecule has 0 nitrogen and oxygen atoms in total. The van der Waals surface area contributed by atoms with E-state index in [4.69, 9.17) is 0 Å². The second kappa shape index (κ2) is 2.81. The van der Waals surface area contributed by atoms with Crippen LogP contribution in [0.1, 0.15) is 70.6 Å². The highest BCUT2D eigenvalue weighted by atomic mass is 14.6. The molecule has 0 N–H and O–H groups in total. The molecule has 4 saturated carbocycles. The van der Waals surface area contributed by atoms with E-state index in [9.17, 15) is 0 Å². The molecule has 0 heteroatoms. The van der Waals surface area contributed by atoms with Gasteiger partial charge >= 0.3 is 0 Å². The Hall–Kier alpha value is 0. The Morgan fingerprint density at radius 1 is 0.733 bits per heavy atom. The van der Waals surface area contributed by atoms with Gasteiger partial charge in [0.2, 0.25) is 0 Å². The summed E-state index contributed by atoms with van der Waals surface area (Å²) in [6, 6.07) is 0. The number of hydrogen-bond donors (Lipinski definition) is 0. The van der Waals surface area contributed by atoms with Crippen molar-refractivity contribution in [1.29, 1.82) is 0 Å². The summed E-state index contributed by atoms with van der Waals surface area (Å²) in [6.45, 7) is 0. The maximum Gasteiger partial charge on any atom is -0.0263 e. The smallest absolute Gasteiger partial charge is 0.0263 e. The standard InChI is InChI=1S/C15H24/c1-2-7-15(6-1)11-13(15)12-4-3-5-14(10-12)8-9-14/h12-13H,1-11H2. The topological polar surface area (TPSA) is 0 Å². The second-order valence-electron chi connectivity index (χ2n) is 7.24. The zero-order chi connectivity index (χ0) is 9.93. The van der Waals surface area contributed by atoms with Crippen LogP contribution in [0.4, 0.5) is 0 Å². The predicted molar refractivity (Wildman–Crippen MR) is 62.6 cm³/mol. The van der Waals surface area contributed by atoms with E-state index in [0.29, 0.717) is 0 Å². The Kier molecular flexibility index (Phi) is 1.70. The van der Waals surface area contributed by atoms with Crippen LogP contribution < -0.4 is 0 Å². The van der Waals surface area contributed by atoms with Crippen LogP contribution in [0.15, 0.2) is 0 Å². The van der Waals surface area contributed by atoms with Gasteiger partial charge in [-0.05, 0) is 67.6 Å². The summed E-state index contributed by atoms with van der Waals surface area (Å²) in [4.78, 5) is 0. The Labute approximate surface area is 93.8 Å². The molecule has 4 rings (SSSR count). The first-order chi connectivity index (χ1) is 7.32. The van der Waals surface area contributed by atoms with Gasteiger partial charge in [-0.3, -0.25) is 0 Å². The second-order valence-corrected chi connectivity index (χ2v) is 7.24. The van der Waals surface area contributed by atoms with Crippen molar-refractivity contribution in [3.63, 3.8) is 0 Å². The Balaban J connectivity index is 1.46. The molecule has 0 radical (unpaired) electrons. The normalized spacial score (nSPS) is 44.8. The Morgan fingerprint density at radius 2 is 1.53 bits per heavy atom. The predicted octanol–water partition coefficient (Wildman–Crippen LogP) is 4.54. The van der Waals surface area contributed by atoms with Crippen LogP contribution in [0.25, 0.3) is 0 Å². The van der Waals surface area contributed by atoms with E-state index in [1.54, 1.807) is 70.6 Å². The fraction of sp³-hybridized carbons (Fsp3) is 1.00. The van der Waals surface area contributed by atoms with Gasteiger partial charge in [-0.25, -0.2) is 0 Å². The quantitative estimate of drug-likeness (QED) is 0.588.